The van der Waals surface area contributed by atoms with Crippen molar-refractivity contribution in [1.82, 2.24) is 14.9 Å². The standard InChI is InChI=1S/C33H34FN7O4/c1-19-29(20(2)45-39-19)22-7-11-26-28(17-22)37-30(38-31(26)41-13-15-44-16-14-41)25-12-10-24(18-27(25)34)36-33(43)35-23-8-5-21(6-9-23)32(42)40(3)4/h5-12,17-18,20,29H,13-16H2,1-4H3,(H2,35,36,43). The molecule has 3 amide bonds. The van der Waals surface area contributed by atoms with Crippen molar-refractivity contribution in [3.8, 4) is 11.4 Å². The molecule has 0 bridgehead atoms. The summed E-state index contributed by atoms with van der Waals surface area (Å²) < 4.78 is 21.2. The van der Waals surface area contributed by atoms with Crippen LogP contribution in [-0.2, 0) is 9.57 Å². The molecule has 6 rings (SSSR count). The van der Waals surface area contributed by atoms with Gasteiger partial charge in [-0.1, -0.05) is 11.2 Å². The fourth-order valence-corrected chi connectivity index (χ4v) is 5.62. The topological polar surface area (TPSA) is 121 Å². The third kappa shape index (κ3) is 6.27. The Kier molecular flexibility index (Phi) is 8.31. The predicted molar refractivity (Wildman–Crippen MR) is 171 cm³/mol. The summed E-state index contributed by atoms with van der Waals surface area (Å²) in [4.78, 5) is 43.5. The highest BCUT2D eigenvalue weighted by molar-refractivity contribution is 6.01. The number of aromatic nitrogens is 2. The summed E-state index contributed by atoms with van der Waals surface area (Å²) in [6, 6.07) is 16.4. The third-order valence-corrected chi connectivity index (χ3v) is 7.92. The number of benzene rings is 3. The van der Waals surface area contributed by atoms with Gasteiger partial charge in [-0.3, -0.25) is 4.79 Å². The predicted octanol–water partition coefficient (Wildman–Crippen LogP) is 5.50. The molecule has 0 radical (unpaired) electrons. The fourth-order valence-electron chi connectivity index (χ4n) is 5.62. The number of hydrogen-bond acceptors (Lipinski definition) is 8. The molecule has 2 N–H and O–H groups in total. The number of nitrogens with one attached hydrogen (secondary N) is 2. The van der Waals surface area contributed by atoms with Gasteiger partial charge in [-0.2, -0.15) is 0 Å². The summed E-state index contributed by atoms with van der Waals surface area (Å²) >= 11 is 0. The number of carbonyl (C=O) groups is 2. The van der Waals surface area contributed by atoms with Crippen molar-refractivity contribution in [2.75, 3.05) is 55.9 Å². The molecular weight excluding hydrogens is 577 g/mol. The van der Waals surface area contributed by atoms with Crippen LogP contribution in [0.25, 0.3) is 22.3 Å². The van der Waals surface area contributed by atoms with Crippen LogP contribution in [0.3, 0.4) is 0 Å². The van der Waals surface area contributed by atoms with Crippen LogP contribution >= 0.6 is 0 Å². The van der Waals surface area contributed by atoms with Gasteiger partial charge in [0.15, 0.2) is 5.82 Å². The number of amides is 3. The lowest BCUT2D eigenvalue weighted by atomic mass is 9.90. The maximum atomic E-state index is 15.6. The van der Waals surface area contributed by atoms with Gasteiger partial charge in [-0.05, 0) is 74.0 Å². The van der Waals surface area contributed by atoms with E-state index in [1.807, 2.05) is 32.0 Å². The minimum absolute atomic E-state index is 0.00799. The van der Waals surface area contributed by atoms with Crippen molar-refractivity contribution in [3.63, 3.8) is 0 Å². The van der Waals surface area contributed by atoms with Gasteiger partial charge in [0.25, 0.3) is 5.91 Å². The molecule has 3 heterocycles. The van der Waals surface area contributed by atoms with E-state index in [0.717, 1.165) is 16.7 Å². The smallest absolute Gasteiger partial charge is 0.323 e. The number of morpholine rings is 1. The van der Waals surface area contributed by atoms with E-state index in [4.69, 9.17) is 19.5 Å². The van der Waals surface area contributed by atoms with E-state index in [9.17, 15) is 9.59 Å². The molecule has 1 saturated heterocycles. The van der Waals surface area contributed by atoms with Crippen LogP contribution in [-0.4, -0.2) is 79.0 Å². The summed E-state index contributed by atoms with van der Waals surface area (Å²) in [7, 11) is 3.34. The van der Waals surface area contributed by atoms with Gasteiger partial charge in [0.1, 0.15) is 17.7 Å². The Hall–Kier alpha value is -5.10. The Balaban J connectivity index is 1.27. The molecule has 0 spiro atoms. The molecule has 2 atom stereocenters. The summed E-state index contributed by atoms with van der Waals surface area (Å²) in [5.41, 5.74) is 4.03. The molecule has 0 saturated carbocycles. The fraction of sp³-hybridized carbons (Fsp3) is 0.303. The number of urea groups is 1. The molecule has 2 aliphatic heterocycles. The minimum Gasteiger partial charge on any atom is -0.392 e. The second kappa shape index (κ2) is 12.5. The molecule has 232 valence electrons. The third-order valence-electron chi connectivity index (χ3n) is 7.92. The Morgan fingerprint density at radius 1 is 0.956 bits per heavy atom. The molecule has 4 aromatic rings. The summed E-state index contributed by atoms with van der Waals surface area (Å²) in [5, 5.41) is 10.4. The molecule has 1 aromatic heterocycles. The zero-order chi connectivity index (χ0) is 31.7. The minimum atomic E-state index is -0.580. The lowest BCUT2D eigenvalue weighted by Crippen LogP contribution is -2.37. The Bertz CT molecular complexity index is 1790. The van der Waals surface area contributed by atoms with E-state index < -0.39 is 11.8 Å². The van der Waals surface area contributed by atoms with Gasteiger partial charge in [-0.25, -0.2) is 19.2 Å². The first-order valence-corrected chi connectivity index (χ1v) is 14.7. The van der Waals surface area contributed by atoms with E-state index in [-0.39, 0.29) is 35.0 Å². The Morgan fingerprint density at radius 2 is 1.67 bits per heavy atom. The summed E-state index contributed by atoms with van der Waals surface area (Å²) in [5.74, 6) is 0.223. The highest BCUT2D eigenvalue weighted by atomic mass is 19.1. The first-order valence-electron chi connectivity index (χ1n) is 14.7. The van der Waals surface area contributed by atoms with Crippen molar-refractivity contribution in [2.45, 2.75) is 25.9 Å². The molecule has 0 aliphatic carbocycles. The lowest BCUT2D eigenvalue weighted by molar-refractivity contribution is 0.0827. The van der Waals surface area contributed by atoms with Crippen LogP contribution in [0.5, 0.6) is 0 Å². The van der Waals surface area contributed by atoms with Gasteiger partial charge in [-0.15, -0.1) is 0 Å². The average Bonchev–Trinajstić information content (AvgIpc) is 3.37. The maximum Gasteiger partial charge on any atom is 0.323 e. The molecule has 12 heteroatoms. The first kappa shape index (κ1) is 29.9. The quantitative estimate of drug-likeness (QED) is 0.296. The SMILES string of the molecule is CC1=NOC(C)C1c1ccc2c(N3CCOCC3)nc(-c3ccc(NC(=O)Nc4ccc(C(=O)N(C)C)cc4)cc3F)nc2c1. The highest BCUT2D eigenvalue weighted by Gasteiger charge is 2.30. The van der Waals surface area contributed by atoms with Crippen molar-refractivity contribution in [3.05, 3.63) is 77.6 Å². The molecule has 2 unspecified atom stereocenters. The van der Waals surface area contributed by atoms with Gasteiger partial charge in [0, 0.05) is 49.5 Å². The number of anilines is 3. The molecule has 45 heavy (non-hydrogen) atoms. The zero-order valence-electron chi connectivity index (χ0n) is 25.5. The summed E-state index contributed by atoms with van der Waals surface area (Å²) in [6.45, 7) is 6.37. The van der Waals surface area contributed by atoms with Gasteiger partial charge in [0.2, 0.25) is 0 Å². The van der Waals surface area contributed by atoms with Gasteiger partial charge in [0.05, 0.1) is 35.9 Å². The van der Waals surface area contributed by atoms with Crippen LogP contribution in [0.4, 0.5) is 26.4 Å². The Morgan fingerprint density at radius 3 is 2.33 bits per heavy atom. The van der Waals surface area contributed by atoms with Crippen molar-refractivity contribution >= 4 is 45.7 Å². The number of rotatable bonds is 6. The molecule has 2 aliphatic rings. The number of fused-ring (bicyclic) bond motifs is 1. The van der Waals surface area contributed by atoms with Crippen LogP contribution < -0.4 is 15.5 Å². The van der Waals surface area contributed by atoms with Crippen LogP contribution in [0, 0.1) is 5.82 Å². The normalized spacial score (nSPS) is 17.9. The van der Waals surface area contributed by atoms with Crippen molar-refractivity contribution in [2.24, 2.45) is 5.16 Å². The van der Waals surface area contributed by atoms with Crippen molar-refractivity contribution < 1.29 is 23.6 Å². The van der Waals surface area contributed by atoms with Crippen LogP contribution in [0.2, 0.25) is 0 Å². The summed E-state index contributed by atoms with van der Waals surface area (Å²) in [6.07, 6.45) is -0.108. The molecular formula is C33H34FN7O4. The van der Waals surface area contributed by atoms with Crippen LogP contribution in [0.1, 0.15) is 35.7 Å². The number of oxime groups is 1. The van der Waals surface area contributed by atoms with E-state index >= 15 is 4.39 Å². The molecule has 3 aromatic carbocycles. The van der Waals surface area contributed by atoms with Gasteiger partial charge >= 0.3 is 6.03 Å². The number of ether oxygens (including phenoxy) is 1. The molecule has 11 nitrogen and oxygen atoms in total. The van der Waals surface area contributed by atoms with E-state index in [1.165, 1.54) is 11.0 Å². The largest absolute Gasteiger partial charge is 0.392 e. The maximum absolute atomic E-state index is 15.6. The zero-order valence-corrected chi connectivity index (χ0v) is 25.5. The lowest BCUT2D eigenvalue weighted by Gasteiger charge is -2.29. The monoisotopic (exact) mass is 611 g/mol. The second-order valence-corrected chi connectivity index (χ2v) is 11.3. The van der Waals surface area contributed by atoms with Gasteiger partial charge < -0.3 is 30.0 Å². The second-order valence-electron chi connectivity index (χ2n) is 11.3. The highest BCUT2D eigenvalue weighted by Crippen LogP contribution is 2.35. The number of nitrogens with zero attached hydrogens (tertiary/aromatic N) is 5. The number of hydrogen-bond donors (Lipinski definition) is 2. The first-order chi connectivity index (χ1) is 21.7. The van der Waals surface area contributed by atoms with E-state index in [2.05, 4.69) is 20.7 Å². The van der Waals surface area contributed by atoms with Crippen LogP contribution in [0.15, 0.2) is 65.8 Å². The average molecular weight is 612 g/mol. The Labute approximate surface area is 260 Å². The molecule has 1 fully saturated rings. The van der Waals surface area contributed by atoms with E-state index in [1.54, 1.807) is 50.5 Å². The van der Waals surface area contributed by atoms with Crippen molar-refractivity contribution in [1.29, 1.82) is 0 Å². The number of carbonyl (C=O) groups excluding carboxylic acids is 2. The van der Waals surface area contributed by atoms with E-state index in [0.29, 0.717) is 48.9 Å². The number of halogens is 1.